The smallest absolute Gasteiger partial charge is 0.305 e. The summed E-state index contributed by atoms with van der Waals surface area (Å²) in [5.74, 6) is -0.539. The van der Waals surface area contributed by atoms with Crippen LogP contribution in [-0.4, -0.2) is 30.9 Å². The van der Waals surface area contributed by atoms with Gasteiger partial charge in [-0.25, -0.2) is 0 Å². The number of ketones is 1. The van der Waals surface area contributed by atoms with Crippen molar-refractivity contribution in [2.45, 2.75) is 201 Å². The number of carbonyl (C=O) groups excluding carboxylic acids is 3. The highest BCUT2D eigenvalue weighted by molar-refractivity contribution is 5.78. The molecule has 5 nitrogen and oxygen atoms in total. The number of hydrogen-bond acceptors (Lipinski definition) is 5. The predicted molar refractivity (Wildman–Crippen MR) is 204 cm³/mol. The minimum atomic E-state index is -0.276. The van der Waals surface area contributed by atoms with Crippen LogP contribution in [0.2, 0.25) is 0 Å². The van der Waals surface area contributed by atoms with Crippen LogP contribution in [0.15, 0.2) is 36.5 Å². The molecule has 0 aliphatic carbocycles. The number of esters is 2. The van der Waals surface area contributed by atoms with Gasteiger partial charge in [0, 0.05) is 31.6 Å². The highest BCUT2D eigenvalue weighted by Gasteiger charge is 2.19. The normalized spacial score (nSPS) is 12.4. The van der Waals surface area contributed by atoms with Crippen molar-refractivity contribution >= 4 is 17.7 Å². The van der Waals surface area contributed by atoms with Crippen LogP contribution in [0.1, 0.15) is 201 Å². The van der Waals surface area contributed by atoms with E-state index in [1.54, 1.807) is 0 Å². The highest BCUT2D eigenvalue weighted by Crippen LogP contribution is 2.15. The summed E-state index contributed by atoms with van der Waals surface area (Å²) in [5, 5.41) is 0. The minimum absolute atomic E-state index is 0.139. The number of ether oxygens (including phenoxy) is 2. The molecule has 0 aromatic heterocycles. The van der Waals surface area contributed by atoms with Gasteiger partial charge in [0.05, 0.1) is 13.2 Å². The molecule has 0 spiro atoms. The van der Waals surface area contributed by atoms with Gasteiger partial charge < -0.3 is 9.47 Å². The summed E-state index contributed by atoms with van der Waals surface area (Å²) in [4.78, 5) is 37.7. The second-order valence-electron chi connectivity index (χ2n) is 13.6. The molecule has 5 heteroatoms. The quantitative estimate of drug-likeness (QED) is 0.0376. The van der Waals surface area contributed by atoms with E-state index in [1.807, 2.05) is 0 Å². The van der Waals surface area contributed by atoms with Crippen molar-refractivity contribution in [3.63, 3.8) is 0 Å². The predicted octanol–water partition coefficient (Wildman–Crippen LogP) is 12.9. The second kappa shape index (κ2) is 37.6. The molecule has 0 aliphatic heterocycles. The zero-order chi connectivity index (χ0) is 35.2. The Balaban J connectivity index is 4.38. The minimum Gasteiger partial charge on any atom is -0.465 e. The molecule has 1 atom stereocenters. The first kappa shape index (κ1) is 45.8. The maximum atomic E-state index is 12.8. The number of allylic oxidation sites excluding steroid dienone is 6. The average Bonchev–Trinajstić information content (AvgIpc) is 3.08. The van der Waals surface area contributed by atoms with Crippen molar-refractivity contribution in [3.05, 3.63) is 36.5 Å². The van der Waals surface area contributed by atoms with Gasteiger partial charge >= 0.3 is 11.9 Å². The van der Waals surface area contributed by atoms with Gasteiger partial charge in [-0.3, -0.25) is 14.4 Å². The number of carbonyl (C=O) groups is 3. The van der Waals surface area contributed by atoms with Crippen LogP contribution in [0.4, 0.5) is 0 Å². The second-order valence-corrected chi connectivity index (χ2v) is 13.6. The van der Waals surface area contributed by atoms with Gasteiger partial charge in [0.15, 0.2) is 0 Å². The monoisotopic (exact) mass is 673 g/mol. The lowest BCUT2D eigenvalue weighted by atomic mass is 10.00. The molecule has 0 radical (unpaired) electrons. The van der Waals surface area contributed by atoms with Crippen molar-refractivity contribution in [1.29, 1.82) is 0 Å². The summed E-state index contributed by atoms with van der Waals surface area (Å²) in [7, 11) is 0. The number of Topliss-reactive ketones (excluding diaryl/α,β-unsaturated/α-hetero) is 1. The largest absolute Gasteiger partial charge is 0.465 e. The Labute approximate surface area is 297 Å². The molecule has 0 aromatic rings. The van der Waals surface area contributed by atoms with E-state index < -0.39 is 0 Å². The average molecular weight is 673 g/mol. The van der Waals surface area contributed by atoms with Crippen molar-refractivity contribution < 1.29 is 23.9 Å². The molecule has 0 amide bonds. The van der Waals surface area contributed by atoms with E-state index in [-0.39, 0.29) is 36.9 Å². The third-order valence-electron chi connectivity index (χ3n) is 8.75. The van der Waals surface area contributed by atoms with Crippen LogP contribution < -0.4 is 0 Å². The molecule has 0 saturated carbocycles. The molecule has 0 rings (SSSR count). The lowest BCUT2D eigenvalue weighted by molar-refractivity contribution is -0.150. The molecule has 0 aliphatic rings. The maximum absolute atomic E-state index is 12.8. The summed E-state index contributed by atoms with van der Waals surface area (Å²) in [6, 6.07) is 0. The Kier molecular flexibility index (Phi) is 35.9. The van der Waals surface area contributed by atoms with Crippen LogP contribution in [0.3, 0.4) is 0 Å². The van der Waals surface area contributed by atoms with Crippen LogP contribution >= 0.6 is 0 Å². The summed E-state index contributed by atoms with van der Waals surface area (Å²) in [5.41, 5.74) is 0. The molecule has 0 aromatic carbocycles. The van der Waals surface area contributed by atoms with Gasteiger partial charge in [0.1, 0.15) is 5.78 Å². The summed E-state index contributed by atoms with van der Waals surface area (Å²) < 4.78 is 11.2. The standard InChI is InChI=1S/C43H76O5/c1-4-7-10-13-16-19-20-21-24-27-30-33-36-43(46)48-39-40(37-41(44)34-31-28-25-22-17-14-11-8-5-2)38-47-42(45)35-32-29-26-23-18-15-12-9-6-3/h8-9,11-12,16,19,40H,4-7,10,13-15,17-18,20-39H2,1-3H3/b11-8-,12-9-,19-16-. The highest BCUT2D eigenvalue weighted by atomic mass is 16.5. The van der Waals surface area contributed by atoms with Crippen LogP contribution in [-0.2, 0) is 23.9 Å². The van der Waals surface area contributed by atoms with E-state index in [4.69, 9.17) is 9.47 Å². The van der Waals surface area contributed by atoms with Crippen molar-refractivity contribution in [3.8, 4) is 0 Å². The fraction of sp³-hybridized carbons (Fsp3) is 0.791. The molecule has 0 bridgehead atoms. The molecular weight excluding hydrogens is 596 g/mol. The summed E-state index contributed by atoms with van der Waals surface area (Å²) >= 11 is 0. The SMILES string of the molecule is CC/C=C\CCCCCCCC(=O)CC(COC(=O)CCCCCCC/C=C\CC)COC(=O)CCCCCCC/C=C\CCCCC. The first-order chi connectivity index (χ1) is 23.5. The number of unbranched alkanes of at least 4 members (excludes halogenated alkanes) is 18. The Morgan fingerprint density at radius 2 is 0.792 bits per heavy atom. The Morgan fingerprint density at radius 3 is 1.21 bits per heavy atom. The van der Waals surface area contributed by atoms with Gasteiger partial charge in [-0.1, -0.05) is 128 Å². The Hall–Kier alpha value is -2.17. The fourth-order valence-electron chi connectivity index (χ4n) is 5.71. The van der Waals surface area contributed by atoms with Crippen molar-refractivity contribution in [1.82, 2.24) is 0 Å². The maximum Gasteiger partial charge on any atom is 0.305 e. The van der Waals surface area contributed by atoms with Crippen molar-refractivity contribution in [2.75, 3.05) is 13.2 Å². The third kappa shape index (κ3) is 35.1. The van der Waals surface area contributed by atoms with Crippen LogP contribution in [0.25, 0.3) is 0 Å². The van der Waals surface area contributed by atoms with Gasteiger partial charge in [0.2, 0.25) is 0 Å². The lowest BCUT2D eigenvalue weighted by Crippen LogP contribution is -2.23. The first-order valence-corrected chi connectivity index (χ1v) is 20.3. The van der Waals surface area contributed by atoms with Gasteiger partial charge in [-0.2, -0.15) is 0 Å². The van der Waals surface area contributed by atoms with Crippen molar-refractivity contribution in [2.24, 2.45) is 5.92 Å². The van der Waals surface area contributed by atoms with E-state index in [0.29, 0.717) is 25.7 Å². The third-order valence-corrected chi connectivity index (χ3v) is 8.75. The fourth-order valence-corrected chi connectivity index (χ4v) is 5.71. The molecule has 0 saturated heterocycles. The topological polar surface area (TPSA) is 69.7 Å². The summed E-state index contributed by atoms with van der Waals surface area (Å²) in [6.07, 6.45) is 42.2. The lowest BCUT2D eigenvalue weighted by Gasteiger charge is -2.17. The molecule has 48 heavy (non-hydrogen) atoms. The van der Waals surface area contributed by atoms with Crippen LogP contribution in [0, 0.1) is 5.92 Å². The van der Waals surface area contributed by atoms with Crippen LogP contribution in [0.5, 0.6) is 0 Å². The summed E-state index contributed by atoms with van der Waals surface area (Å²) in [6.45, 7) is 6.82. The van der Waals surface area contributed by atoms with E-state index in [2.05, 4.69) is 57.2 Å². The van der Waals surface area contributed by atoms with Gasteiger partial charge in [0.25, 0.3) is 0 Å². The van der Waals surface area contributed by atoms with E-state index in [1.165, 1.54) is 64.2 Å². The molecule has 0 fully saturated rings. The number of rotatable bonds is 36. The number of hydrogen-bond donors (Lipinski definition) is 0. The molecule has 278 valence electrons. The zero-order valence-electron chi connectivity index (χ0n) is 31.8. The first-order valence-electron chi connectivity index (χ1n) is 20.3. The zero-order valence-corrected chi connectivity index (χ0v) is 31.8. The van der Waals surface area contributed by atoms with E-state index in [0.717, 1.165) is 89.9 Å². The molecule has 0 N–H and O–H groups in total. The van der Waals surface area contributed by atoms with E-state index >= 15 is 0 Å². The Morgan fingerprint density at radius 1 is 0.438 bits per heavy atom. The van der Waals surface area contributed by atoms with Gasteiger partial charge in [-0.05, 0) is 83.5 Å². The van der Waals surface area contributed by atoms with E-state index in [9.17, 15) is 14.4 Å². The molecular formula is C43H76O5. The molecule has 1 unspecified atom stereocenters. The Bertz CT molecular complexity index is 827. The van der Waals surface area contributed by atoms with Gasteiger partial charge in [-0.15, -0.1) is 0 Å². The molecule has 0 heterocycles.